The Labute approximate surface area is 181 Å². The number of carbonyl (C=O) groups is 3. The Hall–Kier alpha value is -3.35. The number of carboxylic acid groups (broad SMARTS) is 1. The van der Waals surface area contributed by atoms with Gasteiger partial charge in [0.05, 0.1) is 0 Å². The van der Waals surface area contributed by atoms with Crippen molar-refractivity contribution < 1.29 is 24.2 Å². The van der Waals surface area contributed by atoms with Gasteiger partial charge in [-0.1, -0.05) is 48.5 Å². The fraction of sp³-hybridized carbons (Fsp3) is 0.375. The number of alkyl carbamates (subject to hydrolysis) is 1. The molecule has 4 rings (SSSR count). The van der Waals surface area contributed by atoms with Gasteiger partial charge in [0.2, 0.25) is 5.91 Å². The van der Waals surface area contributed by atoms with Crippen LogP contribution in [0.15, 0.2) is 48.5 Å². The maximum atomic E-state index is 12.4. The number of aliphatic carboxylic acids is 1. The summed E-state index contributed by atoms with van der Waals surface area (Å²) < 4.78 is 5.57. The lowest BCUT2D eigenvalue weighted by Crippen LogP contribution is -2.38. The van der Waals surface area contributed by atoms with Crippen LogP contribution in [0.4, 0.5) is 4.79 Å². The molecule has 0 radical (unpaired) electrons. The van der Waals surface area contributed by atoms with E-state index < -0.39 is 12.1 Å². The molecule has 2 aliphatic carbocycles. The number of likely N-dealkylation sites (N-methyl/N-ethyl adjacent to an activating group) is 1. The van der Waals surface area contributed by atoms with Gasteiger partial charge in [-0.2, -0.15) is 0 Å². The SMILES string of the molecule is CN(CC(=O)O)C(=O)[C@@H]1CC[C@H](NC(=O)OCC2c3ccccc3-c3ccccc32)C1. The molecule has 1 fully saturated rings. The van der Waals surface area contributed by atoms with E-state index in [2.05, 4.69) is 29.6 Å². The second kappa shape index (κ2) is 8.79. The molecule has 0 heterocycles. The Bertz CT molecular complexity index is 959. The normalized spacial score (nSPS) is 19.4. The lowest BCUT2D eigenvalue weighted by Gasteiger charge is -2.19. The number of nitrogens with zero attached hydrogens (tertiary/aromatic N) is 1. The summed E-state index contributed by atoms with van der Waals surface area (Å²) in [7, 11) is 1.49. The standard InChI is InChI=1S/C24H26N2O5/c1-26(13-22(27)28)23(29)15-10-11-16(12-15)25-24(30)31-14-21-19-8-4-2-6-17(19)18-7-3-5-9-20(18)21/h2-9,15-16,21H,10-14H2,1H3,(H,25,30)(H,27,28)/t15-,16+/m1/s1. The van der Waals surface area contributed by atoms with Crippen LogP contribution >= 0.6 is 0 Å². The Kier molecular flexibility index (Phi) is 5.93. The van der Waals surface area contributed by atoms with Crippen molar-refractivity contribution in [3.63, 3.8) is 0 Å². The molecule has 1 saturated carbocycles. The van der Waals surface area contributed by atoms with E-state index in [9.17, 15) is 14.4 Å². The predicted molar refractivity (Wildman–Crippen MR) is 115 cm³/mol. The van der Waals surface area contributed by atoms with E-state index in [1.807, 2.05) is 24.3 Å². The third-order valence-corrected chi connectivity index (χ3v) is 6.20. The number of hydrogen-bond acceptors (Lipinski definition) is 4. The molecular formula is C24H26N2O5. The van der Waals surface area contributed by atoms with Crippen molar-refractivity contribution in [3.8, 4) is 11.1 Å². The lowest BCUT2D eigenvalue weighted by molar-refractivity contribution is -0.145. The van der Waals surface area contributed by atoms with Gasteiger partial charge in [-0.3, -0.25) is 9.59 Å². The molecule has 2 aromatic carbocycles. The summed E-state index contributed by atoms with van der Waals surface area (Å²) in [5, 5.41) is 11.7. The molecule has 0 spiro atoms. The zero-order chi connectivity index (χ0) is 22.0. The summed E-state index contributed by atoms with van der Waals surface area (Å²) in [4.78, 5) is 36.8. The van der Waals surface area contributed by atoms with Crippen molar-refractivity contribution in [2.75, 3.05) is 20.2 Å². The van der Waals surface area contributed by atoms with Crippen LogP contribution < -0.4 is 5.32 Å². The van der Waals surface area contributed by atoms with E-state index in [4.69, 9.17) is 9.84 Å². The number of nitrogens with one attached hydrogen (secondary N) is 1. The van der Waals surface area contributed by atoms with Crippen LogP contribution in [0.25, 0.3) is 11.1 Å². The van der Waals surface area contributed by atoms with Gasteiger partial charge in [0.1, 0.15) is 13.2 Å². The van der Waals surface area contributed by atoms with E-state index in [-0.39, 0.29) is 36.9 Å². The Morgan fingerprint density at radius 2 is 1.65 bits per heavy atom. The molecule has 2 amide bonds. The van der Waals surface area contributed by atoms with Gasteiger partial charge in [-0.05, 0) is 41.5 Å². The molecule has 7 heteroatoms. The van der Waals surface area contributed by atoms with Crippen molar-refractivity contribution in [1.82, 2.24) is 10.2 Å². The van der Waals surface area contributed by atoms with E-state index in [1.54, 1.807) is 0 Å². The molecule has 7 nitrogen and oxygen atoms in total. The maximum Gasteiger partial charge on any atom is 0.407 e. The number of ether oxygens (including phenoxy) is 1. The highest BCUT2D eigenvalue weighted by Crippen LogP contribution is 2.44. The Morgan fingerprint density at radius 1 is 1.03 bits per heavy atom. The first-order valence-corrected chi connectivity index (χ1v) is 10.5. The average molecular weight is 422 g/mol. The number of fused-ring (bicyclic) bond motifs is 3. The Morgan fingerprint density at radius 3 is 2.26 bits per heavy atom. The van der Waals surface area contributed by atoms with Gasteiger partial charge in [-0.15, -0.1) is 0 Å². The molecule has 2 N–H and O–H groups in total. The molecule has 162 valence electrons. The summed E-state index contributed by atoms with van der Waals surface area (Å²) in [6, 6.07) is 16.2. The van der Waals surface area contributed by atoms with Gasteiger partial charge in [-0.25, -0.2) is 4.79 Å². The number of carbonyl (C=O) groups excluding carboxylic acids is 2. The molecule has 0 saturated heterocycles. The van der Waals surface area contributed by atoms with Crippen LogP contribution in [-0.2, 0) is 14.3 Å². The minimum absolute atomic E-state index is 0.000669. The van der Waals surface area contributed by atoms with Gasteiger partial charge in [0, 0.05) is 24.9 Å². The van der Waals surface area contributed by atoms with Crippen LogP contribution in [0, 0.1) is 5.92 Å². The first-order valence-electron chi connectivity index (χ1n) is 10.5. The smallest absolute Gasteiger partial charge is 0.407 e. The van der Waals surface area contributed by atoms with Crippen LogP contribution in [0.5, 0.6) is 0 Å². The number of hydrogen-bond donors (Lipinski definition) is 2. The van der Waals surface area contributed by atoms with Gasteiger partial charge < -0.3 is 20.1 Å². The summed E-state index contributed by atoms with van der Waals surface area (Å²) in [6.07, 6.45) is 1.30. The van der Waals surface area contributed by atoms with Crippen molar-refractivity contribution >= 4 is 18.0 Å². The van der Waals surface area contributed by atoms with Gasteiger partial charge >= 0.3 is 12.1 Å². The second-order valence-electron chi connectivity index (χ2n) is 8.26. The zero-order valence-electron chi connectivity index (χ0n) is 17.4. The fourth-order valence-corrected chi connectivity index (χ4v) is 4.74. The topological polar surface area (TPSA) is 95.9 Å². The van der Waals surface area contributed by atoms with Crippen LogP contribution in [0.3, 0.4) is 0 Å². The number of amides is 2. The largest absolute Gasteiger partial charge is 0.480 e. The molecule has 2 atom stereocenters. The van der Waals surface area contributed by atoms with Crippen LogP contribution in [0.2, 0.25) is 0 Å². The van der Waals surface area contributed by atoms with Crippen molar-refractivity contribution in [3.05, 3.63) is 59.7 Å². The summed E-state index contributed by atoms with van der Waals surface area (Å²) in [5.74, 6) is -1.51. The number of benzene rings is 2. The molecular weight excluding hydrogens is 396 g/mol. The van der Waals surface area contributed by atoms with Gasteiger partial charge in [0.15, 0.2) is 0 Å². The van der Waals surface area contributed by atoms with Crippen molar-refractivity contribution in [2.45, 2.75) is 31.2 Å². The van der Waals surface area contributed by atoms with E-state index in [0.717, 1.165) is 11.1 Å². The number of carboxylic acids is 1. The number of rotatable bonds is 6. The predicted octanol–water partition coefficient (Wildman–Crippen LogP) is 3.24. The third-order valence-electron chi connectivity index (χ3n) is 6.20. The fourth-order valence-electron chi connectivity index (χ4n) is 4.74. The van der Waals surface area contributed by atoms with Crippen LogP contribution in [0.1, 0.15) is 36.3 Å². The minimum atomic E-state index is -1.04. The highest BCUT2D eigenvalue weighted by Gasteiger charge is 2.34. The molecule has 0 aromatic heterocycles. The first-order chi connectivity index (χ1) is 14.9. The van der Waals surface area contributed by atoms with E-state index in [0.29, 0.717) is 19.3 Å². The molecule has 31 heavy (non-hydrogen) atoms. The summed E-state index contributed by atoms with van der Waals surface area (Å²) in [5.41, 5.74) is 4.67. The van der Waals surface area contributed by atoms with E-state index >= 15 is 0 Å². The zero-order valence-corrected chi connectivity index (χ0v) is 17.4. The highest BCUT2D eigenvalue weighted by molar-refractivity contribution is 5.83. The van der Waals surface area contributed by atoms with Crippen molar-refractivity contribution in [1.29, 1.82) is 0 Å². The molecule has 0 bridgehead atoms. The molecule has 2 aromatic rings. The molecule has 2 aliphatic rings. The average Bonchev–Trinajstić information content (AvgIpc) is 3.34. The quantitative estimate of drug-likeness (QED) is 0.745. The van der Waals surface area contributed by atoms with Crippen LogP contribution in [-0.4, -0.2) is 54.2 Å². The molecule has 0 aliphatic heterocycles. The molecule has 0 unspecified atom stereocenters. The minimum Gasteiger partial charge on any atom is -0.480 e. The monoisotopic (exact) mass is 422 g/mol. The summed E-state index contributed by atoms with van der Waals surface area (Å²) >= 11 is 0. The lowest BCUT2D eigenvalue weighted by atomic mass is 9.98. The van der Waals surface area contributed by atoms with E-state index in [1.165, 1.54) is 23.1 Å². The first kappa shape index (κ1) is 20.9. The Balaban J connectivity index is 1.32. The van der Waals surface area contributed by atoms with Gasteiger partial charge in [0.25, 0.3) is 0 Å². The highest BCUT2D eigenvalue weighted by atomic mass is 16.5. The summed E-state index contributed by atoms with van der Waals surface area (Å²) in [6.45, 7) is -0.0733. The van der Waals surface area contributed by atoms with Crippen molar-refractivity contribution in [2.24, 2.45) is 5.92 Å². The maximum absolute atomic E-state index is 12.4. The second-order valence-corrected chi connectivity index (χ2v) is 8.26. The third kappa shape index (κ3) is 4.40.